The summed E-state index contributed by atoms with van der Waals surface area (Å²) < 4.78 is 38.2. The Morgan fingerprint density at radius 2 is 1.11 bits per heavy atom. The molecule has 9 nitrogen and oxygen atoms in total. The van der Waals surface area contributed by atoms with Crippen LogP contribution in [0.4, 0.5) is 8.78 Å². The highest BCUT2D eigenvalue weighted by atomic mass is 35.5. The minimum atomic E-state index is -0.459. The van der Waals surface area contributed by atoms with Crippen LogP contribution in [0.25, 0.3) is 67.4 Å². The van der Waals surface area contributed by atoms with Gasteiger partial charge < -0.3 is 14.5 Å². The highest BCUT2D eigenvalue weighted by Crippen LogP contribution is 2.31. The number of para-hydroxylation sites is 2. The van der Waals surface area contributed by atoms with Crippen molar-refractivity contribution in [2.45, 2.75) is 13.8 Å². The summed E-state index contributed by atoms with van der Waals surface area (Å²) in [6.07, 6.45) is 0. The third-order valence-corrected chi connectivity index (χ3v) is 8.97. The molecule has 4 aromatic heterocycles. The fourth-order valence-electron chi connectivity index (χ4n) is 5.89. The fraction of sp³-hybridized carbons (Fsp3) is 0.0952. The van der Waals surface area contributed by atoms with Crippen molar-refractivity contribution in [3.63, 3.8) is 0 Å². The molecule has 0 saturated heterocycles. The van der Waals surface area contributed by atoms with Crippen LogP contribution in [0.2, 0.25) is 5.15 Å². The molecule has 8 rings (SSSR count). The molecule has 0 radical (unpaired) electrons. The molecule has 0 aliphatic rings. The molecule has 0 bridgehead atoms. The number of rotatable bonds is 6. The summed E-state index contributed by atoms with van der Waals surface area (Å²) in [4.78, 5) is 37.8. The van der Waals surface area contributed by atoms with Gasteiger partial charge >= 0.3 is 0 Å². The average Bonchev–Trinajstić information content (AvgIpc) is 3.18. The van der Waals surface area contributed by atoms with Gasteiger partial charge in [0.25, 0.3) is 5.56 Å². The molecule has 4 aromatic carbocycles. The van der Waals surface area contributed by atoms with E-state index < -0.39 is 11.6 Å². The maximum Gasteiger partial charge on any atom is 0.259 e. The van der Waals surface area contributed by atoms with E-state index in [-0.39, 0.29) is 17.1 Å². The number of methoxy groups -OCH3 is 2. The number of aromatic nitrogens is 6. The molecule has 0 atom stereocenters. The van der Waals surface area contributed by atoms with Crippen molar-refractivity contribution in [1.82, 2.24) is 29.9 Å². The SMILES string of the molecule is COc1ccc(-c2nc(-c3nc(Cl)c4ccccc4n3)ccc2C)cc1F.COc1ccc(-c2nc(-c3nc4ccccc4c(=O)[nH]3)ccc2C)cc1F. The maximum atomic E-state index is 14.1. The largest absolute Gasteiger partial charge is 0.494 e. The summed E-state index contributed by atoms with van der Waals surface area (Å²) in [6, 6.07) is 31.5. The lowest BCUT2D eigenvalue weighted by Crippen LogP contribution is -2.10. The van der Waals surface area contributed by atoms with Crippen molar-refractivity contribution >= 4 is 33.4 Å². The third-order valence-electron chi connectivity index (χ3n) is 8.69. The molecule has 0 saturated carbocycles. The summed E-state index contributed by atoms with van der Waals surface area (Å²) in [5.74, 6) is 0.263. The minimum absolute atomic E-state index is 0.174. The molecule has 4 heterocycles. The van der Waals surface area contributed by atoms with Crippen molar-refractivity contribution in [1.29, 1.82) is 0 Å². The number of aromatic amines is 1. The van der Waals surface area contributed by atoms with Crippen LogP contribution in [0.5, 0.6) is 11.5 Å². The monoisotopic (exact) mass is 740 g/mol. The number of benzene rings is 4. The number of nitrogens with one attached hydrogen (secondary N) is 1. The van der Waals surface area contributed by atoms with Crippen LogP contribution in [0.1, 0.15) is 11.1 Å². The van der Waals surface area contributed by atoms with Gasteiger partial charge in [0.15, 0.2) is 34.8 Å². The van der Waals surface area contributed by atoms with Gasteiger partial charge in [-0.3, -0.25) is 4.79 Å². The normalized spacial score (nSPS) is 10.9. The van der Waals surface area contributed by atoms with Crippen LogP contribution in [0.15, 0.2) is 114 Å². The van der Waals surface area contributed by atoms with E-state index in [2.05, 4.69) is 29.9 Å². The van der Waals surface area contributed by atoms with E-state index in [1.165, 1.54) is 26.4 Å². The molecular formula is C42H31ClF2N6O3. The maximum absolute atomic E-state index is 14.1. The standard InChI is InChI=1S/C21H15ClFN3O.C21H16FN3O2/c1-12-7-9-17(21-25-16-6-4-3-5-14(16)20(22)26-21)24-19(12)13-8-10-18(27-2)15(23)11-13;1-12-7-9-17(20-24-16-6-4-3-5-14(16)21(26)25-20)23-19(12)13-8-10-18(27-2)15(22)11-13/h3-11H,1-2H3;3-11H,1-2H3,(H,24,25,26). The predicted octanol–water partition coefficient (Wildman–Crippen LogP) is 9.58. The summed E-state index contributed by atoms with van der Waals surface area (Å²) in [7, 11) is 2.85. The number of ether oxygens (including phenoxy) is 2. The summed E-state index contributed by atoms with van der Waals surface area (Å²) in [5, 5.41) is 1.67. The average molecular weight is 741 g/mol. The topological polar surface area (TPSA) is 116 Å². The van der Waals surface area contributed by atoms with E-state index in [9.17, 15) is 13.6 Å². The number of halogens is 3. The number of pyridine rings is 2. The zero-order valence-electron chi connectivity index (χ0n) is 29.5. The molecule has 12 heteroatoms. The van der Waals surface area contributed by atoms with Gasteiger partial charge in [-0.15, -0.1) is 0 Å². The van der Waals surface area contributed by atoms with Crippen LogP contribution in [-0.2, 0) is 0 Å². The number of hydrogen-bond acceptors (Lipinski definition) is 8. The number of H-pyrrole nitrogens is 1. The third kappa shape index (κ3) is 7.22. The second-order valence-electron chi connectivity index (χ2n) is 12.2. The van der Waals surface area contributed by atoms with Crippen LogP contribution < -0.4 is 15.0 Å². The lowest BCUT2D eigenvalue weighted by Gasteiger charge is -2.10. The van der Waals surface area contributed by atoms with Gasteiger partial charge in [0, 0.05) is 16.5 Å². The van der Waals surface area contributed by atoms with Crippen molar-refractivity contribution < 1.29 is 18.3 Å². The van der Waals surface area contributed by atoms with Gasteiger partial charge in [0.2, 0.25) is 0 Å². The first-order valence-corrected chi connectivity index (χ1v) is 17.1. The Morgan fingerprint density at radius 3 is 1.69 bits per heavy atom. The van der Waals surface area contributed by atoms with E-state index in [0.717, 1.165) is 22.0 Å². The zero-order chi connectivity index (χ0) is 37.9. The van der Waals surface area contributed by atoms with E-state index >= 15 is 0 Å². The Labute approximate surface area is 313 Å². The highest BCUT2D eigenvalue weighted by Gasteiger charge is 2.15. The van der Waals surface area contributed by atoms with Crippen LogP contribution >= 0.6 is 11.6 Å². The van der Waals surface area contributed by atoms with Crippen molar-refractivity contribution in [3.05, 3.63) is 147 Å². The molecule has 268 valence electrons. The Bertz CT molecular complexity index is 2760. The van der Waals surface area contributed by atoms with Gasteiger partial charge in [-0.05, 0) is 97.8 Å². The van der Waals surface area contributed by atoms with Gasteiger partial charge in [-0.2, -0.15) is 0 Å². The Kier molecular flexibility index (Phi) is 10.1. The molecular weight excluding hydrogens is 710 g/mol. The first kappa shape index (κ1) is 35.8. The highest BCUT2D eigenvalue weighted by molar-refractivity contribution is 6.34. The predicted molar refractivity (Wildman–Crippen MR) is 207 cm³/mol. The van der Waals surface area contributed by atoms with Crippen LogP contribution in [-0.4, -0.2) is 44.1 Å². The van der Waals surface area contributed by atoms with Crippen LogP contribution in [0.3, 0.4) is 0 Å². The molecule has 8 aromatic rings. The smallest absolute Gasteiger partial charge is 0.259 e. The number of aryl methyl sites for hydroxylation is 2. The van der Waals surface area contributed by atoms with Gasteiger partial charge in [0.1, 0.15) is 16.5 Å². The summed E-state index contributed by atoms with van der Waals surface area (Å²) in [5.41, 5.74) is 6.52. The second-order valence-corrected chi connectivity index (χ2v) is 12.6. The van der Waals surface area contributed by atoms with Gasteiger partial charge in [-0.25, -0.2) is 33.7 Å². The van der Waals surface area contributed by atoms with Crippen LogP contribution in [0, 0.1) is 25.5 Å². The van der Waals surface area contributed by atoms with E-state index in [4.69, 9.17) is 21.1 Å². The van der Waals surface area contributed by atoms with Gasteiger partial charge in [0.05, 0.1) is 42.0 Å². The first-order chi connectivity index (χ1) is 26.1. The van der Waals surface area contributed by atoms with E-state index in [1.54, 1.807) is 48.5 Å². The molecule has 0 unspecified atom stereocenters. The zero-order valence-corrected chi connectivity index (χ0v) is 30.2. The number of nitrogens with zero attached hydrogens (tertiary/aromatic N) is 5. The summed E-state index contributed by atoms with van der Waals surface area (Å²) >= 11 is 6.31. The number of hydrogen-bond donors (Lipinski definition) is 1. The minimum Gasteiger partial charge on any atom is -0.494 e. The Balaban J connectivity index is 0.000000167. The molecule has 0 amide bonds. The van der Waals surface area contributed by atoms with E-state index in [1.807, 2.05) is 62.4 Å². The molecule has 0 fully saturated rings. The van der Waals surface area contributed by atoms with Crippen molar-refractivity contribution in [2.75, 3.05) is 14.2 Å². The lowest BCUT2D eigenvalue weighted by molar-refractivity contribution is 0.386. The molecule has 54 heavy (non-hydrogen) atoms. The van der Waals surface area contributed by atoms with Gasteiger partial charge in [-0.1, -0.05) is 48.0 Å². The first-order valence-electron chi connectivity index (χ1n) is 16.7. The van der Waals surface area contributed by atoms with Crippen molar-refractivity contribution in [3.8, 4) is 57.1 Å². The molecule has 0 aliphatic carbocycles. The molecule has 0 aliphatic heterocycles. The Morgan fingerprint density at radius 1 is 0.593 bits per heavy atom. The fourth-order valence-corrected chi connectivity index (χ4v) is 6.13. The number of fused-ring (bicyclic) bond motifs is 2. The lowest BCUT2D eigenvalue weighted by atomic mass is 10.1. The Hall–Kier alpha value is -6.59. The quantitative estimate of drug-likeness (QED) is 0.168. The van der Waals surface area contributed by atoms with E-state index in [0.29, 0.717) is 61.6 Å². The molecule has 0 spiro atoms. The molecule has 1 N–H and O–H groups in total. The second kappa shape index (κ2) is 15.2. The van der Waals surface area contributed by atoms with Crippen molar-refractivity contribution in [2.24, 2.45) is 0 Å². The summed E-state index contributed by atoms with van der Waals surface area (Å²) in [6.45, 7) is 3.81.